The first-order valence-electron chi connectivity index (χ1n) is 9.09. The van der Waals surface area contributed by atoms with E-state index < -0.39 is 11.7 Å². The number of nitrogens with one attached hydrogen (secondary N) is 1. The highest BCUT2D eigenvalue weighted by atomic mass is 35.5. The minimum absolute atomic E-state index is 0.00105. The molecule has 0 bridgehead atoms. The van der Waals surface area contributed by atoms with Gasteiger partial charge in [-0.25, -0.2) is 4.39 Å². The Kier molecular flexibility index (Phi) is 8.44. The molecule has 2 rings (SSSR count). The van der Waals surface area contributed by atoms with Crippen LogP contribution in [0.25, 0.3) is 0 Å². The lowest BCUT2D eigenvalue weighted by atomic mass is 10.2. The predicted molar refractivity (Wildman–Crippen MR) is 109 cm³/mol. The van der Waals surface area contributed by atoms with E-state index >= 15 is 0 Å². The molecule has 0 heterocycles. The maximum Gasteiger partial charge on any atom is 0.252 e. The predicted octanol–water partition coefficient (Wildman–Crippen LogP) is 3.94. The van der Waals surface area contributed by atoms with Gasteiger partial charge >= 0.3 is 0 Å². The van der Waals surface area contributed by atoms with Crippen LogP contribution in [0.2, 0.25) is 5.02 Å². The van der Waals surface area contributed by atoms with Gasteiger partial charge in [0.1, 0.15) is 11.6 Å². The van der Waals surface area contributed by atoms with Crippen molar-refractivity contribution in [3.63, 3.8) is 0 Å². The molecule has 0 spiro atoms. The van der Waals surface area contributed by atoms with Crippen LogP contribution >= 0.6 is 11.6 Å². The summed E-state index contributed by atoms with van der Waals surface area (Å²) in [5.41, 5.74) is 0.773. The van der Waals surface area contributed by atoms with Crippen molar-refractivity contribution in [2.24, 2.45) is 0 Å². The number of hydrogen-bond donors (Lipinski definition) is 1. The fourth-order valence-corrected chi connectivity index (χ4v) is 2.89. The van der Waals surface area contributed by atoms with Crippen molar-refractivity contribution in [2.75, 3.05) is 24.6 Å². The Morgan fingerprint density at radius 3 is 2.59 bits per heavy atom. The first kappa shape index (κ1) is 22.2. The maximum absolute atomic E-state index is 13.1. The van der Waals surface area contributed by atoms with Gasteiger partial charge in [-0.2, -0.15) is 5.26 Å². The molecule has 0 unspecified atom stereocenters. The lowest BCUT2D eigenvalue weighted by Gasteiger charge is -2.22. The van der Waals surface area contributed by atoms with Gasteiger partial charge in [-0.15, -0.1) is 0 Å². The molecule has 0 aliphatic heterocycles. The zero-order valence-corrected chi connectivity index (χ0v) is 16.7. The summed E-state index contributed by atoms with van der Waals surface area (Å²) >= 11 is 5.87. The largest absolute Gasteiger partial charge is 0.494 e. The molecule has 29 heavy (non-hydrogen) atoms. The van der Waals surface area contributed by atoms with Gasteiger partial charge in [0.15, 0.2) is 0 Å². The Balaban J connectivity index is 1.98. The molecule has 0 fully saturated rings. The van der Waals surface area contributed by atoms with Crippen LogP contribution in [0.4, 0.5) is 10.1 Å². The number of benzene rings is 2. The van der Waals surface area contributed by atoms with E-state index in [9.17, 15) is 14.0 Å². The van der Waals surface area contributed by atoms with Gasteiger partial charge in [-0.05, 0) is 49.4 Å². The summed E-state index contributed by atoms with van der Waals surface area (Å²) < 4.78 is 18.5. The second-order valence-corrected chi connectivity index (χ2v) is 6.42. The number of hydrogen-bond acceptors (Lipinski definition) is 4. The zero-order valence-electron chi connectivity index (χ0n) is 16.0. The smallest absolute Gasteiger partial charge is 0.252 e. The van der Waals surface area contributed by atoms with Gasteiger partial charge in [0.05, 0.1) is 29.7 Å². The summed E-state index contributed by atoms with van der Waals surface area (Å²) in [6.07, 6.45) is 0.208. The third-order valence-electron chi connectivity index (χ3n) is 4.01. The molecule has 0 saturated heterocycles. The molecular weight excluding hydrogens is 397 g/mol. The van der Waals surface area contributed by atoms with Crippen molar-refractivity contribution in [1.82, 2.24) is 5.32 Å². The van der Waals surface area contributed by atoms with E-state index in [1.165, 1.54) is 11.0 Å². The summed E-state index contributed by atoms with van der Waals surface area (Å²) in [5.74, 6) is -0.583. The van der Waals surface area contributed by atoms with Crippen LogP contribution in [0.5, 0.6) is 5.75 Å². The molecule has 2 amide bonds. The molecule has 0 saturated carbocycles. The summed E-state index contributed by atoms with van der Waals surface area (Å²) in [7, 11) is 0. The summed E-state index contributed by atoms with van der Waals surface area (Å²) in [6, 6.07) is 12.5. The van der Waals surface area contributed by atoms with E-state index in [1.807, 2.05) is 13.0 Å². The van der Waals surface area contributed by atoms with E-state index in [0.29, 0.717) is 18.0 Å². The number of anilines is 1. The highest BCUT2D eigenvalue weighted by molar-refractivity contribution is 6.33. The summed E-state index contributed by atoms with van der Waals surface area (Å²) in [4.78, 5) is 26.3. The second kappa shape index (κ2) is 11.0. The SMILES string of the molecule is CCOc1ccc(N(CCC#N)C(=O)CCNC(=O)c2ccc(F)cc2Cl)cc1. The van der Waals surface area contributed by atoms with Crippen molar-refractivity contribution in [3.05, 3.63) is 58.9 Å². The van der Waals surface area contributed by atoms with Crippen molar-refractivity contribution in [1.29, 1.82) is 5.26 Å². The molecule has 8 heteroatoms. The van der Waals surface area contributed by atoms with E-state index in [0.717, 1.165) is 12.1 Å². The van der Waals surface area contributed by atoms with Crippen molar-refractivity contribution in [3.8, 4) is 11.8 Å². The Morgan fingerprint density at radius 2 is 1.97 bits per heavy atom. The van der Waals surface area contributed by atoms with Crippen LogP contribution in [0.3, 0.4) is 0 Å². The van der Waals surface area contributed by atoms with E-state index in [-0.39, 0.29) is 42.4 Å². The topological polar surface area (TPSA) is 82.4 Å². The van der Waals surface area contributed by atoms with Crippen LogP contribution in [-0.2, 0) is 4.79 Å². The molecular formula is C21H21ClFN3O3. The van der Waals surface area contributed by atoms with Crippen LogP contribution in [0.1, 0.15) is 30.1 Å². The van der Waals surface area contributed by atoms with Crippen LogP contribution < -0.4 is 15.0 Å². The molecule has 0 atom stereocenters. The Labute approximate surface area is 173 Å². The summed E-state index contributed by atoms with van der Waals surface area (Å²) in [6.45, 7) is 2.73. The number of ether oxygens (including phenoxy) is 1. The number of carbonyl (C=O) groups excluding carboxylic acids is 2. The van der Waals surface area contributed by atoms with Crippen molar-refractivity contribution < 1.29 is 18.7 Å². The van der Waals surface area contributed by atoms with Crippen LogP contribution in [-0.4, -0.2) is 31.5 Å². The highest BCUT2D eigenvalue weighted by Crippen LogP contribution is 2.21. The lowest BCUT2D eigenvalue weighted by Crippen LogP contribution is -2.35. The third kappa shape index (κ3) is 6.47. The molecule has 152 valence electrons. The summed E-state index contributed by atoms with van der Waals surface area (Å²) in [5, 5.41) is 11.5. The highest BCUT2D eigenvalue weighted by Gasteiger charge is 2.17. The average molecular weight is 418 g/mol. The van der Waals surface area contributed by atoms with Crippen molar-refractivity contribution >= 4 is 29.1 Å². The quantitative estimate of drug-likeness (QED) is 0.669. The second-order valence-electron chi connectivity index (χ2n) is 6.01. The molecule has 6 nitrogen and oxygen atoms in total. The van der Waals surface area contributed by atoms with Gasteiger partial charge in [0, 0.05) is 25.2 Å². The number of carbonyl (C=O) groups is 2. The van der Waals surface area contributed by atoms with E-state index in [1.54, 1.807) is 24.3 Å². The maximum atomic E-state index is 13.1. The molecule has 0 aliphatic carbocycles. The molecule has 1 N–H and O–H groups in total. The fraction of sp³-hybridized carbons (Fsp3) is 0.286. The third-order valence-corrected chi connectivity index (χ3v) is 4.32. The first-order chi connectivity index (χ1) is 14.0. The number of nitrogens with zero attached hydrogens (tertiary/aromatic N) is 2. The molecule has 0 aliphatic rings. The van der Waals surface area contributed by atoms with Crippen LogP contribution in [0, 0.1) is 17.1 Å². The number of nitriles is 1. The van der Waals surface area contributed by atoms with Gasteiger partial charge in [0.2, 0.25) is 5.91 Å². The first-order valence-corrected chi connectivity index (χ1v) is 9.47. The van der Waals surface area contributed by atoms with Crippen molar-refractivity contribution in [2.45, 2.75) is 19.8 Å². The van der Waals surface area contributed by atoms with Gasteiger partial charge in [0.25, 0.3) is 5.91 Å². The molecule has 0 radical (unpaired) electrons. The minimum Gasteiger partial charge on any atom is -0.494 e. The van der Waals surface area contributed by atoms with E-state index in [2.05, 4.69) is 5.32 Å². The normalized spacial score (nSPS) is 10.1. The van der Waals surface area contributed by atoms with Gasteiger partial charge < -0.3 is 15.0 Å². The zero-order chi connectivity index (χ0) is 21.2. The van der Waals surface area contributed by atoms with E-state index in [4.69, 9.17) is 21.6 Å². The Bertz CT molecular complexity index is 897. The lowest BCUT2D eigenvalue weighted by molar-refractivity contribution is -0.118. The fourth-order valence-electron chi connectivity index (χ4n) is 2.64. The van der Waals surface area contributed by atoms with Crippen LogP contribution in [0.15, 0.2) is 42.5 Å². The number of halogens is 2. The average Bonchev–Trinajstić information content (AvgIpc) is 2.69. The monoisotopic (exact) mass is 417 g/mol. The minimum atomic E-state index is -0.537. The Hall–Kier alpha value is -3.11. The Morgan fingerprint density at radius 1 is 1.24 bits per heavy atom. The van der Waals surface area contributed by atoms with Gasteiger partial charge in [-0.1, -0.05) is 11.6 Å². The molecule has 2 aromatic carbocycles. The van der Waals surface area contributed by atoms with Gasteiger partial charge in [-0.3, -0.25) is 9.59 Å². The number of rotatable bonds is 9. The number of amides is 2. The standard InChI is InChI=1S/C21H21ClFN3O3/c1-2-29-17-7-5-16(6-8-17)26(13-3-11-24)20(27)10-12-25-21(28)18-9-4-15(23)14-19(18)22/h4-9,14H,2-3,10,12-13H2,1H3,(H,25,28). The molecule has 2 aromatic rings. The molecule has 0 aromatic heterocycles.